The van der Waals surface area contributed by atoms with E-state index in [4.69, 9.17) is 10.5 Å². The number of nitrogens with two attached hydrogens (primary N) is 1. The Kier molecular flexibility index (Phi) is 7.54. The van der Waals surface area contributed by atoms with Crippen molar-refractivity contribution in [2.24, 2.45) is 10.7 Å². The molecule has 7 nitrogen and oxygen atoms in total. The highest BCUT2D eigenvalue weighted by Gasteiger charge is 2.30. The minimum Gasteiger partial charge on any atom is -0.469 e. The van der Waals surface area contributed by atoms with Crippen LogP contribution in [0.25, 0.3) is 5.57 Å². The van der Waals surface area contributed by atoms with Crippen LogP contribution in [-0.2, 0) is 0 Å². The molecule has 0 unspecified atom stereocenters. The quantitative estimate of drug-likeness (QED) is 0.442. The molecule has 0 spiro atoms. The summed E-state index contributed by atoms with van der Waals surface area (Å²) < 4.78 is 6.40. The van der Waals surface area contributed by atoms with E-state index in [0.717, 1.165) is 29.1 Å². The predicted octanol–water partition coefficient (Wildman–Crippen LogP) is 4.09. The van der Waals surface area contributed by atoms with E-state index in [0.29, 0.717) is 18.3 Å². The predicted molar refractivity (Wildman–Crippen MR) is 138 cm³/mol. The number of fused-ring (bicyclic) bond motifs is 1. The zero-order valence-electron chi connectivity index (χ0n) is 19.9. The number of hydrogen-bond donors (Lipinski definition) is 3. The van der Waals surface area contributed by atoms with Gasteiger partial charge in [-0.25, -0.2) is 4.98 Å². The fraction of sp³-hybridized carbons (Fsp3) is 0.296. The molecule has 7 heteroatoms. The van der Waals surface area contributed by atoms with Crippen LogP contribution in [0.2, 0.25) is 0 Å². The maximum absolute atomic E-state index is 6.40. The van der Waals surface area contributed by atoms with Crippen molar-refractivity contribution in [2.45, 2.75) is 31.9 Å². The lowest BCUT2D eigenvalue weighted by atomic mass is 9.97. The number of pyridine rings is 2. The van der Waals surface area contributed by atoms with Gasteiger partial charge in [-0.05, 0) is 36.1 Å². The van der Waals surface area contributed by atoms with Crippen molar-refractivity contribution in [3.63, 3.8) is 0 Å². The van der Waals surface area contributed by atoms with Crippen LogP contribution in [0.4, 0.5) is 5.69 Å². The maximum Gasteiger partial charge on any atom is 0.237 e. The number of aromatic nitrogens is 2. The third-order valence-corrected chi connectivity index (χ3v) is 6.07. The molecular weight excluding hydrogens is 424 g/mol. The SMILES string of the molecule is CN=C/C(=C\N)c1cnc2c(c1)NC[C@@H]([C@H](NC[C@H](C)c1ccc(C)nc1)c1ccccc1)O2. The molecule has 3 aromatic rings. The number of benzene rings is 1. The molecule has 1 aliphatic rings. The summed E-state index contributed by atoms with van der Waals surface area (Å²) >= 11 is 0. The molecule has 1 aromatic carbocycles. The molecule has 176 valence electrons. The number of aryl methyl sites for hydroxylation is 1. The third-order valence-electron chi connectivity index (χ3n) is 6.07. The number of allylic oxidation sites excluding steroid dienone is 1. The molecule has 0 amide bonds. The van der Waals surface area contributed by atoms with Gasteiger partial charge >= 0.3 is 0 Å². The lowest BCUT2D eigenvalue weighted by Crippen LogP contribution is -2.43. The number of hydrogen-bond acceptors (Lipinski definition) is 7. The first-order valence-corrected chi connectivity index (χ1v) is 11.5. The van der Waals surface area contributed by atoms with Crippen molar-refractivity contribution >= 4 is 17.5 Å². The van der Waals surface area contributed by atoms with Gasteiger partial charge in [0, 0.05) is 55.2 Å². The van der Waals surface area contributed by atoms with Crippen LogP contribution in [0, 0.1) is 6.92 Å². The van der Waals surface area contributed by atoms with Gasteiger partial charge in [-0.15, -0.1) is 0 Å². The minimum atomic E-state index is -0.127. The van der Waals surface area contributed by atoms with E-state index in [-0.39, 0.29) is 12.1 Å². The normalized spacial score (nSPS) is 17.5. The number of nitrogens with one attached hydrogen (secondary N) is 2. The van der Waals surface area contributed by atoms with Crippen LogP contribution in [-0.4, -0.2) is 42.4 Å². The number of rotatable bonds is 8. The van der Waals surface area contributed by atoms with E-state index in [1.54, 1.807) is 19.5 Å². The molecule has 3 heterocycles. The van der Waals surface area contributed by atoms with Gasteiger partial charge in [0.1, 0.15) is 6.10 Å². The molecule has 3 atom stereocenters. The van der Waals surface area contributed by atoms with Crippen molar-refractivity contribution < 1.29 is 4.74 Å². The minimum absolute atomic E-state index is 0.00379. The van der Waals surface area contributed by atoms with Gasteiger partial charge in [0.2, 0.25) is 5.88 Å². The third kappa shape index (κ3) is 5.43. The van der Waals surface area contributed by atoms with E-state index in [1.165, 1.54) is 17.3 Å². The van der Waals surface area contributed by atoms with E-state index in [9.17, 15) is 0 Å². The van der Waals surface area contributed by atoms with Gasteiger partial charge in [0.05, 0.1) is 18.3 Å². The summed E-state index contributed by atoms with van der Waals surface area (Å²) in [5.41, 5.74) is 11.7. The molecule has 0 saturated carbocycles. The fourth-order valence-corrected chi connectivity index (χ4v) is 4.08. The molecule has 0 bridgehead atoms. The van der Waals surface area contributed by atoms with Crippen molar-refractivity contribution in [1.82, 2.24) is 15.3 Å². The Morgan fingerprint density at radius 1 is 1.21 bits per heavy atom. The monoisotopic (exact) mass is 456 g/mol. The number of nitrogens with zero attached hydrogens (tertiary/aromatic N) is 3. The Morgan fingerprint density at radius 2 is 2.03 bits per heavy atom. The van der Waals surface area contributed by atoms with Gasteiger partial charge in [-0.2, -0.15) is 0 Å². The molecule has 0 saturated heterocycles. The zero-order valence-corrected chi connectivity index (χ0v) is 19.9. The van der Waals surface area contributed by atoms with Crippen LogP contribution < -0.4 is 21.1 Å². The van der Waals surface area contributed by atoms with Crippen molar-refractivity contribution in [2.75, 3.05) is 25.5 Å². The topological polar surface area (TPSA) is 97.5 Å². The van der Waals surface area contributed by atoms with Gasteiger partial charge in [0.15, 0.2) is 0 Å². The largest absolute Gasteiger partial charge is 0.469 e. The van der Waals surface area contributed by atoms with E-state index in [1.807, 2.05) is 25.3 Å². The first kappa shape index (κ1) is 23.4. The van der Waals surface area contributed by atoms with Crippen molar-refractivity contribution in [1.29, 1.82) is 0 Å². The van der Waals surface area contributed by atoms with Gasteiger partial charge in [-0.3, -0.25) is 9.98 Å². The van der Waals surface area contributed by atoms with E-state index < -0.39 is 0 Å². The van der Waals surface area contributed by atoms with Gasteiger partial charge < -0.3 is 21.1 Å². The Hall–Kier alpha value is -3.71. The summed E-state index contributed by atoms with van der Waals surface area (Å²) in [4.78, 5) is 13.1. The van der Waals surface area contributed by atoms with Gasteiger partial charge in [-0.1, -0.05) is 43.3 Å². The van der Waals surface area contributed by atoms with Crippen molar-refractivity contribution in [3.05, 3.63) is 89.5 Å². The van der Waals surface area contributed by atoms with Crippen LogP contribution in [0.15, 0.2) is 72.1 Å². The lowest BCUT2D eigenvalue weighted by molar-refractivity contribution is 0.149. The lowest BCUT2D eigenvalue weighted by Gasteiger charge is -2.34. The Labute approximate surface area is 201 Å². The first-order valence-electron chi connectivity index (χ1n) is 11.5. The van der Waals surface area contributed by atoms with Crippen LogP contribution in [0.1, 0.15) is 41.3 Å². The molecule has 0 aliphatic carbocycles. The second-order valence-electron chi connectivity index (χ2n) is 8.55. The highest BCUT2D eigenvalue weighted by Crippen LogP contribution is 2.33. The highest BCUT2D eigenvalue weighted by atomic mass is 16.5. The van der Waals surface area contributed by atoms with E-state index in [2.05, 4.69) is 68.9 Å². The molecule has 1 aliphatic heterocycles. The smallest absolute Gasteiger partial charge is 0.237 e. The maximum atomic E-state index is 6.40. The van der Waals surface area contributed by atoms with Crippen LogP contribution in [0.5, 0.6) is 5.88 Å². The summed E-state index contributed by atoms with van der Waals surface area (Å²) in [6.45, 7) is 5.66. The second-order valence-corrected chi connectivity index (χ2v) is 8.55. The average Bonchev–Trinajstić information content (AvgIpc) is 2.88. The van der Waals surface area contributed by atoms with Crippen LogP contribution in [0.3, 0.4) is 0 Å². The highest BCUT2D eigenvalue weighted by molar-refractivity contribution is 6.09. The summed E-state index contributed by atoms with van der Waals surface area (Å²) in [6.07, 6.45) is 6.85. The Balaban J connectivity index is 1.52. The van der Waals surface area contributed by atoms with Gasteiger partial charge in [0.25, 0.3) is 0 Å². The molecule has 0 radical (unpaired) electrons. The molecule has 2 aromatic heterocycles. The van der Waals surface area contributed by atoms with Crippen molar-refractivity contribution in [3.8, 4) is 5.88 Å². The van der Waals surface area contributed by atoms with Crippen LogP contribution >= 0.6 is 0 Å². The fourth-order valence-electron chi connectivity index (χ4n) is 4.08. The standard InChI is InChI=1S/C27H32N6O/c1-18(21-10-9-19(2)30-15-21)13-32-26(20-7-5-4-6-8-20)25-17-31-24-11-22(16-33-27(24)34-25)23(12-28)14-29-3/h4-12,14-16,18,25-26,31-32H,13,17,28H2,1-3H3/b23-12+,29-14?/t18-,25-,26+/m0/s1. The molecule has 4 rings (SSSR count). The molecule has 0 fully saturated rings. The Bertz CT molecular complexity index is 1140. The zero-order chi connectivity index (χ0) is 23.9. The number of aliphatic imine (C=N–C) groups is 1. The summed E-state index contributed by atoms with van der Waals surface area (Å²) in [7, 11) is 1.72. The number of ether oxygens (including phenoxy) is 1. The molecular formula is C27H32N6O. The number of anilines is 1. The Morgan fingerprint density at radius 3 is 2.74 bits per heavy atom. The molecule has 4 N–H and O–H groups in total. The second kappa shape index (κ2) is 10.9. The summed E-state index contributed by atoms with van der Waals surface area (Å²) in [5, 5.41) is 7.24. The van der Waals surface area contributed by atoms with E-state index >= 15 is 0 Å². The summed E-state index contributed by atoms with van der Waals surface area (Å²) in [6, 6.07) is 16.6. The summed E-state index contributed by atoms with van der Waals surface area (Å²) in [5.74, 6) is 0.897. The average molecular weight is 457 g/mol. The molecule has 34 heavy (non-hydrogen) atoms. The first-order chi connectivity index (χ1) is 16.6.